The van der Waals surface area contributed by atoms with Gasteiger partial charge in [-0.1, -0.05) is 36.4 Å². The van der Waals surface area contributed by atoms with Crippen LogP contribution < -0.4 is 0 Å². The van der Waals surface area contributed by atoms with Gasteiger partial charge in [0.05, 0.1) is 14.9 Å². The number of thiophene rings is 2. The SMILES string of the molecule is c1ccc2c(c1)sc1c2ccc2c3ccc4c(c5ccncc5c5nccn45)c3sc21. The third-order valence-electron chi connectivity index (χ3n) is 6.36. The van der Waals surface area contributed by atoms with E-state index in [1.807, 2.05) is 47.5 Å². The lowest BCUT2D eigenvalue weighted by molar-refractivity contribution is 1.27. The second-order valence-electron chi connectivity index (χ2n) is 7.90. The van der Waals surface area contributed by atoms with Crippen molar-refractivity contribution in [1.82, 2.24) is 14.4 Å². The molecule has 0 N–H and O–H groups in total. The molecule has 0 radical (unpaired) electrons. The van der Waals surface area contributed by atoms with Crippen LogP contribution in [0, 0.1) is 0 Å². The van der Waals surface area contributed by atoms with Crippen LogP contribution >= 0.6 is 22.7 Å². The first-order valence-corrected chi connectivity index (χ1v) is 11.8. The van der Waals surface area contributed by atoms with Gasteiger partial charge in [-0.05, 0) is 23.6 Å². The molecule has 5 heteroatoms. The van der Waals surface area contributed by atoms with Crippen LogP contribution in [0.5, 0.6) is 0 Å². The summed E-state index contributed by atoms with van der Waals surface area (Å²) in [5.41, 5.74) is 2.15. The van der Waals surface area contributed by atoms with Gasteiger partial charge >= 0.3 is 0 Å². The molecule has 8 rings (SSSR count). The Bertz CT molecular complexity index is 2010. The summed E-state index contributed by atoms with van der Waals surface area (Å²) < 4.78 is 7.66. The van der Waals surface area contributed by atoms with Crippen LogP contribution in [0.2, 0.25) is 0 Å². The molecule has 3 nitrogen and oxygen atoms in total. The summed E-state index contributed by atoms with van der Waals surface area (Å²) in [5, 5.41) is 8.97. The summed E-state index contributed by atoms with van der Waals surface area (Å²) in [7, 11) is 0. The molecular weight excluding hydrogens is 418 g/mol. The van der Waals surface area contributed by atoms with Crippen LogP contribution in [-0.2, 0) is 0 Å². The van der Waals surface area contributed by atoms with Gasteiger partial charge in [0.1, 0.15) is 5.65 Å². The monoisotopic (exact) mass is 431 g/mol. The maximum absolute atomic E-state index is 4.61. The summed E-state index contributed by atoms with van der Waals surface area (Å²) in [6.45, 7) is 0. The third kappa shape index (κ3) is 1.93. The van der Waals surface area contributed by atoms with Crippen molar-refractivity contribution < 1.29 is 0 Å². The molecule has 144 valence electrons. The highest BCUT2D eigenvalue weighted by Crippen LogP contribution is 2.47. The molecule has 0 amide bonds. The zero-order valence-corrected chi connectivity index (χ0v) is 17.8. The summed E-state index contributed by atoms with van der Waals surface area (Å²) in [5.74, 6) is 0. The Labute approximate surface area is 183 Å². The summed E-state index contributed by atoms with van der Waals surface area (Å²) in [6, 6.07) is 20.0. The lowest BCUT2D eigenvalue weighted by Gasteiger charge is -2.08. The van der Waals surface area contributed by atoms with Crippen molar-refractivity contribution in [2.75, 3.05) is 0 Å². The molecule has 5 aromatic heterocycles. The molecule has 5 heterocycles. The highest BCUT2D eigenvalue weighted by Gasteiger charge is 2.17. The number of aromatic nitrogens is 3. The van der Waals surface area contributed by atoms with Crippen molar-refractivity contribution in [2.45, 2.75) is 0 Å². The molecule has 0 aliphatic carbocycles. The molecule has 3 aromatic carbocycles. The first-order chi connectivity index (χ1) is 15.4. The Morgan fingerprint density at radius 1 is 0.645 bits per heavy atom. The molecule has 0 bridgehead atoms. The second kappa shape index (κ2) is 5.58. The van der Waals surface area contributed by atoms with Gasteiger partial charge in [0.2, 0.25) is 0 Å². The van der Waals surface area contributed by atoms with E-state index in [1.54, 1.807) is 0 Å². The number of fused-ring (bicyclic) bond motifs is 14. The van der Waals surface area contributed by atoms with Gasteiger partial charge in [-0.3, -0.25) is 9.38 Å². The standard InChI is InChI=1S/C26H13N3S2/c1-2-4-21-14(3-1)16-5-6-18-17-7-8-20-22(23(17)31-25(18)24(16)30-21)15-9-10-27-13-19(15)26-28-11-12-29(20)26/h1-13H. The Balaban J connectivity index is 1.66. The normalized spacial score (nSPS) is 12.5. The van der Waals surface area contributed by atoms with E-state index in [2.05, 4.69) is 69.0 Å². The second-order valence-corrected chi connectivity index (χ2v) is 9.97. The van der Waals surface area contributed by atoms with Gasteiger partial charge in [0, 0.05) is 66.5 Å². The van der Waals surface area contributed by atoms with Crippen molar-refractivity contribution in [3.63, 3.8) is 0 Å². The molecule has 0 saturated carbocycles. The Morgan fingerprint density at radius 2 is 1.45 bits per heavy atom. The quantitative estimate of drug-likeness (QED) is 0.230. The number of nitrogens with zero attached hydrogens (tertiary/aromatic N) is 3. The van der Waals surface area contributed by atoms with Crippen LogP contribution in [-0.4, -0.2) is 14.4 Å². The molecule has 8 aromatic rings. The lowest BCUT2D eigenvalue weighted by atomic mass is 10.0. The van der Waals surface area contributed by atoms with E-state index in [0.717, 1.165) is 11.0 Å². The molecule has 0 unspecified atom stereocenters. The van der Waals surface area contributed by atoms with Crippen molar-refractivity contribution in [3.8, 4) is 0 Å². The van der Waals surface area contributed by atoms with E-state index < -0.39 is 0 Å². The Kier molecular flexibility index (Phi) is 2.91. The summed E-state index contributed by atoms with van der Waals surface area (Å²) in [6.07, 6.45) is 7.75. The zero-order valence-electron chi connectivity index (χ0n) is 16.2. The number of pyridine rings is 2. The first-order valence-electron chi connectivity index (χ1n) is 10.2. The van der Waals surface area contributed by atoms with Crippen LogP contribution in [0.3, 0.4) is 0 Å². The number of hydrogen-bond acceptors (Lipinski definition) is 4. The highest BCUT2D eigenvalue weighted by atomic mass is 32.1. The van der Waals surface area contributed by atoms with Crippen LogP contribution in [0.15, 0.2) is 79.4 Å². The zero-order chi connectivity index (χ0) is 20.1. The van der Waals surface area contributed by atoms with Gasteiger partial charge in [-0.25, -0.2) is 4.98 Å². The minimum absolute atomic E-state index is 0.961. The van der Waals surface area contributed by atoms with Gasteiger partial charge in [-0.15, -0.1) is 22.7 Å². The van der Waals surface area contributed by atoms with Crippen LogP contribution in [0.4, 0.5) is 0 Å². The minimum Gasteiger partial charge on any atom is -0.299 e. The Morgan fingerprint density at radius 3 is 2.42 bits per heavy atom. The van der Waals surface area contributed by atoms with Crippen LogP contribution in [0.25, 0.3) is 67.7 Å². The maximum atomic E-state index is 4.61. The number of benzene rings is 3. The topological polar surface area (TPSA) is 30.2 Å². The lowest BCUT2D eigenvalue weighted by Crippen LogP contribution is -1.91. The molecule has 31 heavy (non-hydrogen) atoms. The van der Waals surface area contributed by atoms with Gasteiger partial charge < -0.3 is 0 Å². The minimum atomic E-state index is 0.961. The van der Waals surface area contributed by atoms with E-state index in [9.17, 15) is 0 Å². The fraction of sp³-hybridized carbons (Fsp3) is 0. The van der Waals surface area contributed by atoms with Crippen molar-refractivity contribution in [2.24, 2.45) is 0 Å². The molecule has 0 spiro atoms. The molecular formula is C26H13N3S2. The van der Waals surface area contributed by atoms with E-state index in [1.165, 1.54) is 56.6 Å². The van der Waals surface area contributed by atoms with Crippen molar-refractivity contribution in [1.29, 1.82) is 0 Å². The number of imidazole rings is 1. The van der Waals surface area contributed by atoms with Crippen molar-refractivity contribution >= 4 is 90.3 Å². The van der Waals surface area contributed by atoms with Crippen molar-refractivity contribution in [3.05, 3.63) is 79.4 Å². The molecule has 0 atom stereocenters. The molecule has 0 saturated heterocycles. The van der Waals surface area contributed by atoms with Gasteiger partial charge in [0.25, 0.3) is 0 Å². The molecule has 0 aliphatic rings. The third-order valence-corrected chi connectivity index (χ3v) is 8.95. The fourth-order valence-corrected chi connectivity index (χ4v) is 7.71. The maximum Gasteiger partial charge on any atom is 0.146 e. The van der Waals surface area contributed by atoms with Gasteiger partial charge in [0.15, 0.2) is 0 Å². The van der Waals surface area contributed by atoms with Crippen LogP contribution in [0.1, 0.15) is 0 Å². The molecule has 0 fully saturated rings. The predicted octanol–water partition coefficient (Wildman–Crippen LogP) is 7.77. The summed E-state index contributed by atoms with van der Waals surface area (Å²) >= 11 is 3.82. The average Bonchev–Trinajstić information content (AvgIpc) is 3.53. The summed E-state index contributed by atoms with van der Waals surface area (Å²) in [4.78, 5) is 9.00. The van der Waals surface area contributed by atoms with Gasteiger partial charge in [-0.2, -0.15) is 0 Å². The van der Waals surface area contributed by atoms with E-state index in [-0.39, 0.29) is 0 Å². The first kappa shape index (κ1) is 16.2. The smallest absolute Gasteiger partial charge is 0.146 e. The molecule has 0 aliphatic heterocycles. The average molecular weight is 432 g/mol. The Hall–Kier alpha value is -3.54. The largest absolute Gasteiger partial charge is 0.299 e. The fourth-order valence-electron chi connectivity index (χ4n) is 5.02. The number of rotatable bonds is 0. The predicted molar refractivity (Wildman–Crippen MR) is 134 cm³/mol. The highest BCUT2D eigenvalue weighted by molar-refractivity contribution is 7.34. The van der Waals surface area contributed by atoms with E-state index >= 15 is 0 Å². The number of hydrogen-bond donors (Lipinski definition) is 0. The van der Waals surface area contributed by atoms with E-state index in [4.69, 9.17) is 0 Å². The van der Waals surface area contributed by atoms with E-state index in [0.29, 0.717) is 0 Å².